The molecule has 0 heterocycles. The summed E-state index contributed by atoms with van der Waals surface area (Å²) in [5, 5.41) is 8.56. The van der Waals surface area contributed by atoms with Crippen molar-refractivity contribution in [1.82, 2.24) is 0 Å². The minimum absolute atomic E-state index is 0.0406. The Balaban J connectivity index is 2.72. The molecule has 0 bridgehead atoms. The summed E-state index contributed by atoms with van der Waals surface area (Å²) < 4.78 is 38.8. The van der Waals surface area contributed by atoms with Crippen molar-refractivity contribution in [2.45, 2.75) is 18.7 Å². The third-order valence-electron chi connectivity index (χ3n) is 2.44. The molecule has 114 valence electrons. The zero-order valence-corrected chi connectivity index (χ0v) is 12.5. The highest BCUT2D eigenvalue weighted by Crippen LogP contribution is 2.23. The fourth-order valence-electron chi connectivity index (χ4n) is 1.49. The van der Waals surface area contributed by atoms with Gasteiger partial charge in [-0.05, 0) is 25.5 Å². The molecule has 1 N–H and O–H groups in total. The van der Waals surface area contributed by atoms with Crippen molar-refractivity contribution < 1.29 is 27.2 Å². The molecule has 0 saturated carbocycles. The maximum absolute atomic E-state index is 11.8. The Morgan fingerprint density at radius 1 is 1.20 bits per heavy atom. The summed E-state index contributed by atoms with van der Waals surface area (Å²) in [7, 11) is -3.73. The Bertz CT molecular complexity index is 512. The van der Waals surface area contributed by atoms with E-state index < -0.39 is 10.1 Å². The number of benzene rings is 1. The molecule has 0 saturated heterocycles. The number of hydrogen-bond acceptors (Lipinski definition) is 6. The second kappa shape index (κ2) is 8.21. The lowest BCUT2D eigenvalue weighted by Crippen LogP contribution is -2.11. The van der Waals surface area contributed by atoms with Gasteiger partial charge in [0.2, 0.25) is 0 Å². The van der Waals surface area contributed by atoms with Crippen molar-refractivity contribution >= 4 is 10.1 Å². The highest BCUT2D eigenvalue weighted by molar-refractivity contribution is 7.86. The van der Waals surface area contributed by atoms with E-state index in [9.17, 15) is 8.42 Å². The van der Waals surface area contributed by atoms with Crippen molar-refractivity contribution in [2.24, 2.45) is 0 Å². The molecule has 0 unspecified atom stereocenters. The Labute approximate surface area is 119 Å². The van der Waals surface area contributed by atoms with Crippen molar-refractivity contribution in [3.05, 3.63) is 23.8 Å². The number of aryl methyl sites for hydroxylation is 1. The first kappa shape index (κ1) is 16.9. The summed E-state index contributed by atoms with van der Waals surface area (Å²) in [5.41, 5.74) is 0.822. The van der Waals surface area contributed by atoms with Gasteiger partial charge in [-0.3, -0.25) is 4.18 Å². The van der Waals surface area contributed by atoms with Gasteiger partial charge in [0, 0.05) is 6.07 Å². The summed E-state index contributed by atoms with van der Waals surface area (Å²) in [6.45, 7) is 4.33. The van der Waals surface area contributed by atoms with Gasteiger partial charge in [0.25, 0.3) is 10.1 Å². The first-order valence-corrected chi connectivity index (χ1v) is 7.73. The van der Waals surface area contributed by atoms with E-state index in [4.69, 9.17) is 18.8 Å². The maximum atomic E-state index is 11.8. The Morgan fingerprint density at radius 2 is 1.95 bits per heavy atom. The van der Waals surface area contributed by atoms with E-state index in [0.717, 1.165) is 5.56 Å². The monoisotopic (exact) mass is 304 g/mol. The van der Waals surface area contributed by atoms with Gasteiger partial charge >= 0.3 is 0 Å². The van der Waals surface area contributed by atoms with Crippen molar-refractivity contribution in [2.75, 3.05) is 33.0 Å². The van der Waals surface area contributed by atoms with Crippen LogP contribution in [0.15, 0.2) is 23.1 Å². The molecular weight excluding hydrogens is 284 g/mol. The Kier molecular flexibility index (Phi) is 6.94. The van der Waals surface area contributed by atoms with Gasteiger partial charge < -0.3 is 14.6 Å². The van der Waals surface area contributed by atoms with Gasteiger partial charge in [-0.25, -0.2) is 0 Å². The summed E-state index contributed by atoms with van der Waals surface area (Å²) in [4.78, 5) is 0.0660. The van der Waals surface area contributed by atoms with Crippen LogP contribution in [0.1, 0.15) is 12.5 Å². The van der Waals surface area contributed by atoms with Crippen molar-refractivity contribution in [3.63, 3.8) is 0 Å². The number of ether oxygens (including phenoxy) is 2. The fourth-order valence-corrected chi connectivity index (χ4v) is 2.42. The molecule has 0 fully saturated rings. The molecule has 7 heteroatoms. The van der Waals surface area contributed by atoms with Crippen LogP contribution in [0.5, 0.6) is 5.75 Å². The molecule has 0 aliphatic heterocycles. The van der Waals surface area contributed by atoms with E-state index in [-0.39, 0.29) is 31.3 Å². The number of rotatable bonds is 9. The van der Waals surface area contributed by atoms with Gasteiger partial charge in [-0.2, -0.15) is 8.42 Å². The van der Waals surface area contributed by atoms with Gasteiger partial charge in [0.15, 0.2) is 0 Å². The van der Waals surface area contributed by atoms with Crippen LogP contribution in [0.2, 0.25) is 0 Å². The summed E-state index contributed by atoms with van der Waals surface area (Å²) in [6.07, 6.45) is 0. The van der Waals surface area contributed by atoms with E-state index in [1.54, 1.807) is 13.0 Å². The molecule has 0 aromatic heterocycles. The fraction of sp³-hybridized carbons (Fsp3) is 0.538. The van der Waals surface area contributed by atoms with Crippen LogP contribution in [0.25, 0.3) is 0 Å². The quantitative estimate of drug-likeness (QED) is 0.543. The number of aliphatic hydroxyl groups excluding tert-OH is 1. The van der Waals surface area contributed by atoms with Crippen LogP contribution >= 0.6 is 0 Å². The van der Waals surface area contributed by atoms with Crippen LogP contribution in [0.4, 0.5) is 0 Å². The van der Waals surface area contributed by atoms with E-state index >= 15 is 0 Å². The summed E-state index contributed by atoms with van der Waals surface area (Å²) in [5.74, 6) is 0.471. The lowest BCUT2D eigenvalue weighted by atomic mass is 10.2. The third-order valence-corrected chi connectivity index (χ3v) is 3.82. The first-order valence-electron chi connectivity index (χ1n) is 6.32. The molecule has 0 aliphatic carbocycles. The summed E-state index contributed by atoms with van der Waals surface area (Å²) in [6, 6.07) is 4.58. The molecule has 0 aliphatic rings. The summed E-state index contributed by atoms with van der Waals surface area (Å²) >= 11 is 0. The third kappa shape index (κ3) is 5.09. The molecule has 1 aromatic carbocycles. The van der Waals surface area contributed by atoms with Crippen molar-refractivity contribution in [3.8, 4) is 5.75 Å². The molecule has 1 rings (SSSR count). The van der Waals surface area contributed by atoms with Crippen LogP contribution in [0.3, 0.4) is 0 Å². The van der Waals surface area contributed by atoms with E-state index in [1.807, 2.05) is 6.92 Å². The van der Waals surface area contributed by atoms with E-state index in [2.05, 4.69) is 0 Å². The lowest BCUT2D eigenvalue weighted by molar-refractivity contribution is 0.0703. The van der Waals surface area contributed by atoms with Crippen LogP contribution in [0, 0.1) is 6.92 Å². The smallest absolute Gasteiger partial charge is 0.297 e. The van der Waals surface area contributed by atoms with Gasteiger partial charge in [-0.15, -0.1) is 0 Å². The highest BCUT2D eigenvalue weighted by Gasteiger charge is 2.16. The van der Waals surface area contributed by atoms with Gasteiger partial charge in [0.1, 0.15) is 12.4 Å². The molecule has 0 radical (unpaired) electrons. The zero-order valence-electron chi connectivity index (χ0n) is 11.7. The largest absolute Gasteiger partial charge is 0.491 e. The highest BCUT2D eigenvalue weighted by atomic mass is 32.2. The topological polar surface area (TPSA) is 82.1 Å². The molecule has 0 atom stereocenters. The zero-order chi connectivity index (χ0) is 15.0. The van der Waals surface area contributed by atoms with E-state index in [0.29, 0.717) is 12.4 Å². The standard InChI is InChI=1S/C13H20O6S/c1-3-19-20(15,16)12-5-4-11(2)13(10-12)18-9-8-17-7-6-14/h4-5,10,14H,3,6-9H2,1-2H3. The van der Waals surface area contributed by atoms with E-state index in [1.165, 1.54) is 12.1 Å². The predicted octanol–water partition coefficient (Wildman–Crippen LogP) is 1.11. The second-order valence-electron chi connectivity index (χ2n) is 3.97. The van der Waals surface area contributed by atoms with Crippen LogP contribution in [-0.4, -0.2) is 46.6 Å². The van der Waals surface area contributed by atoms with Crippen molar-refractivity contribution in [1.29, 1.82) is 0 Å². The van der Waals surface area contributed by atoms with Gasteiger partial charge in [0.05, 0.1) is 31.3 Å². The molecule has 6 nitrogen and oxygen atoms in total. The normalized spacial score (nSPS) is 11.6. The second-order valence-corrected chi connectivity index (χ2v) is 5.59. The SMILES string of the molecule is CCOS(=O)(=O)c1ccc(C)c(OCCOCCO)c1. The van der Waals surface area contributed by atoms with Gasteiger partial charge in [-0.1, -0.05) is 6.07 Å². The molecule has 1 aromatic rings. The first-order chi connectivity index (χ1) is 9.51. The number of aliphatic hydroxyl groups is 1. The molecular formula is C13H20O6S. The minimum atomic E-state index is -3.73. The number of hydrogen-bond donors (Lipinski definition) is 1. The lowest BCUT2D eigenvalue weighted by Gasteiger charge is -2.11. The molecule has 0 spiro atoms. The maximum Gasteiger partial charge on any atom is 0.297 e. The Hall–Kier alpha value is -1.15. The molecule has 20 heavy (non-hydrogen) atoms. The Morgan fingerprint density at radius 3 is 2.60 bits per heavy atom. The minimum Gasteiger partial charge on any atom is -0.491 e. The van der Waals surface area contributed by atoms with Crippen LogP contribution in [-0.2, 0) is 19.0 Å². The molecule has 0 amide bonds. The average molecular weight is 304 g/mol. The van der Waals surface area contributed by atoms with Crippen LogP contribution < -0.4 is 4.74 Å². The predicted molar refractivity (Wildman–Crippen MR) is 73.4 cm³/mol. The average Bonchev–Trinajstić information content (AvgIpc) is 2.40.